The van der Waals surface area contributed by atoms with E-state index in [1.54, 1.807) is 0 Å². The van der Waals surface area contributed by atoms with Gasteiger partial charge in [-0.15, -0.1) is 0 Å². The molecule has 0 aliphatic heterocycles. The Labute approximate surface area is 512 Å². The number of hydrogen-bond donors (Lipinski definition) is 15. The van der Waals surface area contributed by atoms with Gasteiger partial charge in [0.1, 0.15) is 36.6 Å². The molecular formula is C54H108O33Rf3-6. The Morgan fingerprint density at radius 2 is 0.356 bits per heavy atom. The van der Waals surface area contributed by atoms with Gasteiger partial charge in [0.2, 0.25) is 0 Å². The molecule has 36 heteroatoms. The van der Waals surface area contributed by atoms with Crippen LogP contribution in [0.25, 0.3) is 0 Å². The molecule has 0 amide bonds. The maximum absolute atomic E-state index is 10.2. The van der Waals surface area contributed by atoms with Crippen LogP contribution in [0.4, 0.5) is 0 Å². The van der Waals surface area contributed by atoms with Gasteiger partial charge in [-0.3, -0.25) is 0 Å². The van der Waals surface area contributed by atoms with Crippen LogP contribution in [0, 0.1) is 42.7 Å². The maximum Gasteiger partial charge on any atom is 0.101 e. The van der Waals surface area contributed by atoms with Gasteiger partial charge in [0.25, 0.3) is 0 Å². The topological polar surface area (TPSA) is 470 Å². The van der Waals surface area contributed by atoms with Crippen molar-refractivity contribution in [3.8, 4) is 0 Å². The van der Waals surface area contributed by atoms with Crippen molar-refractivity contribution in [2.75, 3.05) is 198 Å². The van der Waals surface area contributed by atoms with Gasteiger partial charge in [0.15, 0.2) is 0 Å². The second-order valence-corrected chi connectivity index (χ2v) is 19.3. The Morgan fingerprint density at radius 1 is 0.222 bits per heavy atom. The van der Waals surface area contributed by atoms with Crippen LogP contribution in [-0.2, 0) is 85.3 Å². The molecule has 0 aromatic rings. The van der Waals surface area contributed by atoms with Crippen molar-refractivity contribution < 1.29 is 162 Å². The molecule has 0 spiro atoms. The molecule has 12 atom stereocenters. The van der Waals surface area contributed by atoms with E-state index in [-0.39, 0.29) is 217 Å². The zero-order chi connectivity index (χ0) is 65.7. The summed E-state index contributed by atoms with van der Waals surface area (Å²) >= 11 is 0. The smallest absolute Gasteiger partial charge is 0.101 e. The standard InChI is InChI=1S/C27H51O15.3C9H19O6.3Rf/c1-34-7-19(28)10-37-13-22(31)16-40-25-4-26(41-17-23(32)14-38-11-20(29)8-35-2)6-27(5-25)42-18-24(33)15-39-12-21(30)9-36-3;3*1-13-4-8(11)6-15-7-9(12)5-14-3-2-10;;;/h19-33H,1-18H2;3*8-12H,1-7H2;;;/q-3;3*-1;;;. The van der Waals surface area contributed by atoms with Crippen molar-refractivity contribution >= 4 is 0 Å². The summed E-state index contributed by atoms with van der Waals surface area (Å²) in [6.07, 6.45) is -9.55. The normalized spacial score (nSPS) is 18.7. The molecule has 0 aromatic carbocycles. The predicted octanol–water partition coefficient (Wildman–Crippen LogP) is -6.41. The van der Waals surface area contributed by atoms with Crippen LogP contribution >= 0.6 is 0 Å². The van der Waals surface area contributed by atoms with E-state index in [9.17, 15) is 46.0 Å². The fourth-order valence-electron chi connectivity index (χ4n) is 6.60. The zero-order valence-corrected chi connectivity index (χ0v) is 71.6. The first kappa shape index (κ1) is 96.8. The number of aliphatic hydroxyl groups excluding tert-OH is 15. The van der Waals surface area contributed by atoms with Crippen molar-refractivity contribution in [2.45, 2.75) is 111 Å². The minimum atomic E-state index is -0.940. The van der Waals surface area contributed by atoms with Crippen molar-refractivity contribution in [2.24, 2.45) is 0 Å². The van der Waals surface area contributed by atoms with Crippen molar-refractivity contribution in [3.05, 3.63) is 42.7 Å². The van der Waals surface area contributed by atoms with E-state index in [0.29, 0.717) is 19.3 Å². The van der Waals surface area contributed by atoms with E-state index < -0.39 is 73.2 Å². The molecule has 534 valence electrons. The molecule has 12 unspecified atom stereocenters. The molecule has 0 radical (unpaired) electrons. The van der Waals surface area contributed by atoms with Crippen LogP contribution in [-0.4, -0.2) is 366 Å². The Kier molecular flexibility index (Phi) is 75.9. The van der Waals surface area contributed by atoms with E-state index in [0.717, 1.165) is 0 Å². The first-order chi connectivity index (χ1) is 41.8. The molecule has 1 aliphatic rings. The van der Waals surface area contributed by atoms with Gasteiger partial charge in [0.05, 0.1) is 214 Å². The minimum absolute atomic E-state index is 0. The summed E-state index contributed by atoms with van der Waals surface area (Å²) < 4.78 is 90.2. The molecule has 1 aliphatic carbocycles. The summed E-state index contributed by atoms with van der Waals surface area (Å²) in [5.74, 6) is 0. The Hall–Kier alpha value is -4.32. The Balaban J connectivity index is -0.000000301. The molecule has 0 saturated heterocycles. The summed E-state index contributed by atoms with van der Waals surface area (Å²) in [6, 6.07) is 0. The Morgan fingerprint density at radius 3 is 0.500 bits per heavy atom. The van der Waals surface area contributed by atoms with Crippen molar-refractivity contribution in [3.63, 3.8) is 0 Å². The van der Waals surface area contributed by atoms with Crippen LogP contribution in [0.5, 0.6) is 0 Å². The van der Waals surface area contributed by atoms with Gasteiger partial charge >= 0.3 is 0 Å². The van der Waals surface area contributed by atoms with E-state index in [4.69, 9.17) is 87.5 Å². The average molecular weight is 2090 g/mol. The average Bonchev–Trinajstić information content (AvgIpc) is 3.66. The largest absolute Gasteiger partial charge is 0.553 e. The second-order valence-electron chi connectivity index (χ2n) is 19.3. The molecule has 0 aromatic heterocycles. The predicted molar refractivity (Wildman–Crippen MR) is 302 cm³/mol. The molecule has 1 rings (SSSR count). The van der Waals surface area contributed by atoms with Gasteiger partial charge in [-0.25, -0.2) is 42.7 Å². The maximum atomic E-state index is 10.2. The molecular weight excluding hydrogens is 1980 g/mol. The zero-order valence-electron chi connectivity index (χ0n) is 52.4. The molecule has 15 N–H and O–H groups in total. The van der Waals surface area contributed by atoms with Crippen molar-refractivity contribution in [1.82, 2.24) is 0 Å². The molecule has 90 heavy (non-hydrogen) atoms. The third-order valence-electron chi connectivity index (χ3n) is 10.4. The van der Waals surface area contributed by atoms with Gasteiger partial charge in [0, 0.05) is 39.6 Å². The van der Waals surface area contributed by atoms with Crippen molar-refractivity contribution in [1.29, 1.82) is 0 Å². The SMILES string of the molecule is [CH2-]OCC(O)COCC(O)COC1CC(OCC(O)COCC(O)CO[CH2-])CC(OCC(O)COCC(O)CO[CH2-])C1.[CH2-]OCC(O)COCC(O)COCCO.[CH2-]OCC(O)COCC(O)COCCO.[CH2-]OCC(O)COCC(O)COCCO.[Rf].[Rf].[Rf]. The number of aliphatic hydroxyl groups is 15. The van der Waals surface area contributed by atoms with Gasteiger partial charge < -0.3 is 162 Å². The minimum Gasteiger partial charge on any atom is -0.553 e. The van der Waals surface area contributed by atoms with Crippen LogP contribution < -0.4 is 0 Å². The van der Waals surface area contributed by atoms with Gasteiger partial charge in [-0.1, -0.05) is 0 Å². The number of hydrogen-bond acceptors (Lipinski definition) is 33. The van der Waals surface area contributed by atoms with Crippen LogP contribution in [0.1, 0.15) is 19.3 Å². The Bertz CT molecular complexity index is 1210. The third kappa shape index (κ3) is 68.1. The van der Waals surface area contributed by atoms with E-state index in [2.05, 4.69) is 71.1 Å². The first-order valence-electron chi connectivity index (χ1n) is 28.0. The summed E-state index contributed by atoms with van der Waals surface area (Å²) in [7, 11) is 18.9. The third-order valence-corrected chi connectivity index (χ3v) is 10.4. The first-order valence-corrected chi connectivity index (χ1v) is 28.0. The fraction of sp³-hybridized carbons (Fsp3) is 0.889. The quantitative estimate of drug-likeness (QED) is 0.0199. The van der Waals surface area contributed by atoms with Crippen LogP contribution in [0.3, 0.4) is 0 Å². The number of rotatable bonds is 57. The van der Waals surface area contributed by atoms with Crippen LogP contribution in [0.15, 0.2) is 0 Å². The fourth-order valence-corrected chi connectivity index (χ4v) is 6.60. The molecule has 33 nitrogen and oxygen atoms in total. The van der Waals surface area contributed by atoms with E-state index in [1.165, 1.54) is 0 Å². The van der Waals surface area contributed by atoms with Crippen LogP contribution in [0.2, 0.25) is 0 Å². The monoisotopic (exact) mass is 2090 g/mol. The second kappa shape index (κ2) is 70.5. The summed E-state index contributed by atoms with van der Waals surface area (Å²) in [4.78, 5) is 0. The van der Waals surface area contributed by atoms with E-state index in [1.807, 2.05) is 0 Å². The van der Waals surface area contributed by atoms with E-state index >= 15 is 0 Å². The molecule has 0 heterocycles. The molecule has 0 bridgehead atoms. The molecule has 1 saturated carbocycles. The summed E-state index contributed by atoms with van der Waals surface area (Å²) in [5.41, 5.74) is 0. The van der Waals surface area contributed by atoms with Gasteiger partial charge in [-0.2, -0.15) is 0 Å². The van der Waals surface area contributed by atoms with Gasteiger partial charge in [-0.05, 0) is 19.3 Å². The molecule has 1 fully saturated rings. The number of ether oxygens (including phenoxy) is 18. The summed E-state index contributed by atoms with van der Waals surface area (Å²) in [6.45, 7) is 1.09. The summed E-state index contributed by atoms with van der Waals surface area (Å²) in [5, 5.41) is 140.